The highest BCUT2D eigenvalue weighted by molar-refractivity contribution is 5.84. The van der Waals surface area contributed by atoms with Gasteiger partial charge in [0, 0.05) is 61.7 Å². The number of rotatable bonds is 4. The van der Waals surface area contributed by atoms with Gasteiger partial charge in [0.2, 0.25) is 11.8 Å². The molecule has 0 rings (SSSR count). The lowest BCUT2D eigenvalue weighted by Gasteiger charge is -2.36. The van der Waals surface area contributed by atoms with E-state index in [1.54, 1.807) is 4.90 Å². The first kappa shape index (κ1) is 53.1. The lowest BCUT2D eigenvalue weighted by Crippen LogP contribution is -2.47. The van der Waals surface area contributed by atoms with Crippen molar-refractivity contribution in [3.05, 3.63) is 0 Å². The zero-order valence-electron chi connectivity index (χ0n) is 37.4. The van der Waals surface area contributed by atoms with E-state index < -0.39 is 0 Å². The Hall–Kier alpha value is -1.72. The van der Waals surface area contributed by atoms with Gasteiger partial charge >= 0.3 is 0 Å². The van der Waals surface area contributed by atoms with Gasteiger partial charge in [-0.05, 0) is 63.2 Å². The van der Waals surface area contributed by atoms with Crippen LogP contribution < -0.4 is 0 Å². The van der Waals surface area contributed by atoms with Crippen LogP contribution >= 0.6 is 0 Å². The lowest BCUT2D eigenvalue weighted by molar-refractivity contribution is -0.142. The molecule has 0 aliphatic heterocycles. The van der Waals surface area contributed by atoms with Gasteiger partial charge in [-0.3, -0.25) is 19.2 Å². The number of carbonyl (C=O) groups excluding carboxylic acids is 4. The van der Waals surface area contributed by atoms with E-state index in [0.717, 1.165) is 0 Å². The number of nitrogens with zero attached hydrogens (tertiary/aromatic N) is 2. The molecule has 0 N–H and O–H groups in total. The first-order chi connectivity index (χ1) is 20.3. The molecule has 288 valence electrons. The number of hydrogen-bond donors (Lipinski definition) is 0. The van der Waals surface area contributed by atoms with Crippen LogP contribution in [0.15, 0.2) is 0 Å². The van der Waals surface area contributed by atoms with Crippen molar-refractivity contribution in [3.8, 4) is 0 Å². The summed E-state index contributed by atoms with van der Waals surface area (Å²) in [5.74, 6) is 1.15. The first-order valence-electron chi connectivity index (χ1n) is 17.9. The number of carbonyl (C=O) groups is 4. The van der Waals surface area contributed by atoms with Crippen LogP contribution in [0.5, 0.6) is 0 Å². The largest absolute Gasteiger partial charge is 0.341 e. The van der Waals surface area contributed by atoms with Gasteiger partial charge in [-0.1, -0.05) is 125 Å². The predicted molar refractivity (Wildman–Crippen MR) is 210 cm³/mol. The molecule has 0 saturated carbocycles. The quantitative estimate of drug-likeness (QED) is 0.296. The second-order valence-electron chi connectivity index (χ2n) is 22.6. The normalized spacial score (nSPS) is 13.0. The van der Waals surface area contributed by atoms with E-state index in [1.165, 1.54) is 0 Å². The van der Waals surface area contributed by atoms with Crippen molar-refractivity contribution in [2.45, 2.75) is 203 Å². The van der Waals surface area contributed by atoms with E-state index >= 15 is 0 Å². The molecule has 0 unspecified atom stereocenters. The Morgan fingerprint density at radius 2 is 0.646 bits per heavy atom. The van der Waals surface area contributed by atoms with E-state index in [4.69, 9.17) is 0 Å². The fourth-order valence-electron chi connectivity index (χ4n) is 3.75. The molecule has 0 aromatic carbocycles. The molecule has 0 aliphatic rings. The molecule has 0 fully saturated rings. The fourth-order valence-corrected chi connectivity index (χ4v) is 3.75. The van der Waals surface area contributed by atoms with E-state index in [0.29, 0.717) is 37.2 Å². The average Bonchev–Trinajstić information content (AvgIpc) is 2.71. The minimum atomic E-state index is -0.276. The Morgan fingerprint density at radius 1 is 0.375 bits per heavy atom. The van der Waals surface area contributed by atoms with Gasteiger partial charge < -0.3 is 9.80 Å². The van der Waals surface area contributed by atoms with E-state index in [9.17, 15) is 19.2 Å². The van der Waals surface area contributed by atoms with Gasteiger partial charge in [-0.15, -0.1) is 0 Å². The zero-order chi connectivity index (χ0) is 40.3. The highest BCUT2D eigenvalue weighted by atomic mass is 16.2. The van der Waals surface area contributed by atoms with Crippen LogP contribution in [0.3, 0.4) is 0 Å². The third-order valence-corrected chi connectivity index (χ3v) is 7.00. The molecule has 0 spiro atoms. The number of amides is 2. The van der Waals surface area contributed by atoms with Crippen LogP contribution in [0.1, 0.15) is 192 Å². The van der Waals surface area contributed by atoms with Crippen molar-refractivity contribution in [1.29, 1.82) is 0 Å². The summed E-state index contributed by atoms with van der Waals surface area (Å²) in [6.45, 7) is 49.2. The molecule has 0 heterocycles. The molecule has 0 aliphatic carbocycles. The highest BCUT2D eigenvalue weighted by Gasteiger charge is 2.31. The maximum atomic E-state index is 11.7. The topological polar surface area (TPSA) is 74.8 Å². The first-order valence-corrected chi connectivity index (χ1v) is 17.9. The molecule has 0 radical (unpaired) electrons. The van der Waals surface area contributed by atoms with Crippen LogP contribution in [0.2, 0.25) is 0 Å². The van der Waals surface area contributed by atoms with Crippen molar-refractivity contribution in [1.82, 2.24) is 9.80 Å². The Bertz CT molecular complexity index is 964. The molecule has 0 bridgehead atoms. The summed E-state index contributed by atoms with van der Waals surface area (Å²) in [5.41, 5.74) is -0.104. The van der Waals surface area contributed by atoms with E-state index in [1.807, 2.05) is 102 Å². The van der Waals surface area contributed by atoms with Crippen molar-refractivity contribution in [2.24, 2.45) is 32.5 Å². The molecule has 6 nitrogen and oxygen atoms in total. The number of ketones is 2. The molecular weight excluding hydrogens is 596 g/mol. The van der Waals surface area contributed by atoms with Crippen LogP contribution in [-0.4, -0.2) is 58.4 Å². The average molecular weight is 683 g/mol. The molecule has 6 heteroatoms. The summed E-state index contributed by atoms with van der Waals surface area (Å²) in [4.78, 5) is 50.0. The lowest BCUT2D eigenvalue weighted by atomic mass is 9.80. The van der Waals surface area contributed by atoms with Crippen molar-refractivity contribution in [3.63, 3.8) is 0 Å². The molecule has 2 amide bonds. The Balaban J connectivity index is -0.000000269. The second kappa shape index (κ2) is 19.0. The van der Waals surface area contributed by atoms with E-state index in [2.05, 4.69) is 83.1 Å². The summed E-state index contributed by atoms with van der Waals surface area (Å²) in [7, 11) is 3.72. The second-order valence-corrected chi connectivity index (χ2v) is 22.6. The van der Waals surface area contributed by atoms with Gasteiger partial charge in [0.05, 0.1) is 0 Å². The smallest absolute Gasteiger partial charge is 0.228 e. The molecule has 0 aromatic rings. The molecule has 0 atom stereocenters. The maximum Gasteiger partial charge on any atom is 0.228 e. The number of Topliss-reactive ketones (excluding diaryl/α,β-unsaturated/α-hetero) is 2. The minimum Gasteiger partial charge on any atom is -0.341 e. The van der Waals surface area contributed by atoms with Crippen molar-refractivity contribution < 1.29 is 19.2 Å². The fraction of sp³-hybridized carbons (Fsp3) is 0.905. The predicted octanol–water partition coefficient (Wildman–Crippen LogP) is 11.4. The van der Waals surface area contributed by atoms with Crippen LogP contribution in [0.25, 0.3) is 0 Å². The van der Waals surface area contributed by atoms with Crippen molar-refractivity contribution >= 4 is 23.4 Å². The monoisotopic (exact) mass is 683 g/mol. The third kappa shape index (κ3) is 32.8. The van der Waals surface area contributed by atoms with Gasteiger partial charge in [0.25, 0.3) is 0 Å². The standard InChI is InChI=1S/C11H23NO.C11H22O.C10H21NO.C10H20O/c1-10(2,3)8-9(13)12(7)11(4,5)6;1-10(2,3)7-9(12)8-11(4,5)6;1-9(2,3)8(12)11(7)10(4,5)6;1-9(2,3)7-8(11)10(4,5)6/h8H2,1-7H3;7-8H2,1-6H3;1-7H3;7H2,1-6H3. The number of hydrogen-bond acceptors (Lipinski definition) is 4. The van der Waals surface area contributed by atoms with E-state index in [-0.39, 0.29) is 55.4 Å². The van der Waals surface area contributed by atoms with Crippen LogP contribution in [0, 0.1) is 32.5 Å². The maximum absolute atomic E-state index is 11.7. The van der Waals surface area contributed by atoms with Crippen LogP contribution in [0.4, 0.5) is 0 Å². The molecule has 48 heavy (non-hydrogen) atoms. The Kier molecular flexibility index (Phi) is 21.1. The molecule has 0 aromatic heterocycles. The molecule has 0 saturated heterocycles. The van der Waals surface area contributed by atoms with Crippen LogP contribution in [-0.2, 0) is 19.2 Å². The minimum absolute atomic E-state index is 0.0671. The van der Waals surface area contributed by atoms with Crippen molar-refractivity contribution in [2.75, 3.05) is 14.1 Å². The summed E-state index contributed by atoms with van der Waals surface area (Å²) in [5, 5.41) is 0. The summed E-state index contributed by atoms with van der Waals surface area (Å²) in [6, 6.07) is 0. The Labute approximate surface area is 301 Å². The van der Waals surface area contributed by atoms with Gasteiger partial charge in [0.1, 0.15) is 11.6 Å². The van der Waals surface area contributed by atoms with Gasteiger partial charge in [-0.2, -0.15) is 0 Å². The third-order valence-electron chi connectivity index (χ3n) is 7.00. The van der Waals surface area contributed by atoms with Gasteiger partial charge in [0.15, 0.2) is 0 Å². The van der Waals surface area contributed by atoms with Gasteiger partial charge in [-0.25, -0.2) is 0 Å². The highest BCUT2D eigenvalue weighted by Crippen LogP contribution is 2.27. The zero-order valence-corrected chi connectivity index (χ0v) is 37.4. The SMILES string of the molecule is CC(C)(C)CC(=O)C(C)(C)C.CC(C)(C)CC(=O)CC(C)(C)C.CN(C(=O)C(C)(C)C)C(C)(C)C.CN(C(=O)CC(C)(C)C)C(C)(C)C. The Morgan fingerprint density at radius 3 is 0.792 bits per heavy atom. The summed E-state index contributed by atoms with van der Waals surface area (Å²) < 4.78 is 0. The summed E-state index contributed by atoms with van der Waals surface area (Å²) >= 11 is 0. The molecular formula is C42H86N2O4. The summed E-state index contributed by atoms with van der Waals surface area (Å²) in [6.07, 6.45) is 2.69.